The van der Waals surface area contributed by atoms with Crippen molar-refractivity contribution in [3.63, 3.8) is 0 Å². The second-order valence-electron chi connectivity index (χ2n) is 6.69. The fraction of sp³-hybridized carbons (Fsp3) is 0.273. The minimum atomic E-state index is 0.00458. The van der Waals surface area contributed by atoms with E-state index in [0.717, 1.165) is 29.8 Å². The zero-order valence-electron chi connectivity index (χ0n) is 15.0. The third kappa shape index (κ3) is 3.14. The smallest absolute Gasteiger partial charge is 0.261 e. The highest BCUT2D eigenvalue weighted by molar-refractivity contribution is 5.79. The number of methoxy groups -OCH3 is 1. The van der Waals surface area contributed by atoms with Gasteiger partial charge in [-0.1, -0.05) is 24.0 Å². The normalized spacial score (nSPS) is 16.0. The Labute approximate surface area is 152 Å². The molecule has 0 radical (unpaired) electrons. The summed E-state index contributed by atoms with van der Waals surface area (Å²) < 4.78 is 7.16. The van der Waals surface area contributed by atoms with Gasteiger partial charge in [0.05, 0.1) is 23.6 Å². The lowest BCUT2D eigenvalue weighted by Crippen LogP contribution is -2.35. The van der Waals surface area contributed by atoms with Crippen LogP contribution in [0.5, 0.6) is 0 Å². The molecule has 3 aromatic rings. The summed E-state index contributed by atoms with van der Waals surface area (Å²) in [5.41, 5.74) is 3.75. The Kier molecular flexibility index (Phi) is 4.32. The minimum Gasteiger partial charge on any atom is -0.380 e. The molecule has 1 aliphatic rings. The fourth-order valence-corrected chi connectivity index (χ4v) is 3.37. The first-order valence-corrected chi connectivity index (χ1v) is 8.79. The number of rotatable bonds is 1. The van der Waals surface area contributed by atoms with Crippen molar-refractivity contribution in [1.29, 1.82) is 0 Å². The second-order valence-corrected chi connectivity index (χ2v) is 6.69. The largest absolute Gasteiger partial charge is 0.380 e. The zero-order chi connectivity index (χ0) is 18.1. The van der Waals surface area contributed by atoms with E-state index < -0.39 is 0 Å². The molecule has 2 heterocycles. The van der Waals surface area contributed by atoms with Crippen molar-refractivity contribution in [2.45, 2.75) is 32.4 Å². The number of hydrogen-bond acceptors (Lipinski definition) is 3. The molecule has 1 unspecified atom stereocenters. The van der Waals surface area contributed by atoms with Crippen LogP contribution in [-0.2, 0) is 17.7 Å². The lowest BCUT2D eigenvalue weighted by atomic mass is 10.1. The zero-order valence-corrected chi connectivity index (χ0v) is 15.0. The molecule has 4 heteroatoms. The van der Waals surface area contributed by atoms with Crippen LogP contribution in [-0.4, -0.2) is 22.8 Å². The first-order valence-electron chi connectivity index (χ1n) is 8.79. The van der Waals surface area contributed by atoms with Crippen molar-refractivity contribution >= 4 is 10.9 Å². The van der Waals surface area contributed by atoms with Gasteiger partial charge in [-0.05, 0) is 49.2 Å². The molecule has 4 rings (SSSR count). The maximum absolute atomic E-state index is 12.8. The van der Waals surface area contributed by atoms with Gasteiger partial charge in [-0.3, -0.25) is 9.36 Å². The number of hydrogen-bond donors (Lipinski definition) is 0. The molecule has 0 saturated heterocycles. The molecular formula is C22H20N2O2. The van der Waals surface area contributed by atoms with Gasteiger partial charge in [0.15, 0.2) is 0 Å². The van der Waals surface area contributed by atoms with E-state index >= 15 is 0 Å². The van der Waals surface area contributed by atoms with E-state index in [1.54, 1.807) is 11.7 Å². The van der Waals surface area contributed by atoms with E-state index in [4.69, 9.17) is 9.72 Å². The molecule has 0 fully saturated rings. The Morgan fingerprint density at radius 1 is 1.15 bits per heavy atom. The van der Waals surface area contributed by atoms with Gasteiger partial charge in [0, 0.05) is 24.7 Å². The van der Waals surface area contributed by atoms with E-state index in [1.165, 1.54) is 5.56 Å². The fourth-order valence-electron chi connectivity index (χ4n) is 3.37. The van der Waals surface area contributed by atoms with Crippen LogP contribution in [0, 0.1) is 18.8 Å². The summed E-state index contributed by atoms with van der Waals surface area (Å²) in [5, 5.41) is 0.631. The van der Waals surface area contributed by atoms with Crippen LogP contribution in [0.2, 0.25) is 0 Å². The third-order valence-corrected chi connectivity index (χ3v) is 4.81. The molecule has 1 atom stereocenters. The van der Waals surface area contributed by atoms with Crippen molar-refractivity contribution in [2.24, 2.45) is 0 Å². The summed E-state index contributed by atoms with van der Waals surface area (Å²) in [6.45, 7) is 2.62. The number of aromatic nitrogens is 2. The molecular weight excluding hydrogens is 324 g/mol. The van der Waals surface area contributed by atoms with Crippen LogP contribution in [0.3, 0.4) is 0 Å². The van der Waals surface area contributed by atoms with Crippen LogP contribution >= 0.6 is 0 Å². The molecule has 0 spiro atoms. The summed E-state index contributed by atoms with van der Waals surface area (Å²) in [7, 11) is 1.69. The van der Waals surface area contributed by atoms with Crippen LogP contribution in [0.4, 0.5) is 0 Å². The first kappa shape index (κ1) is 16.6. The average molecular weight is 344 g/mol. The molecule has 0 bridgehead atoms. The van der Waals surface area contributed by atoms with E-state index in [1.807, 2.05) is 30.3 Å². The first-order chi connectivity index (χ1) is 12.6. The number of ether oxygens (including phenoxy) is 1. The van der Waals surface area contributed by atoms with Crippen molar-refractivity contribution in [2.75, 3.05) is 7.11 Å². The van der Waals surface area contributed by atoms with Crippen LogP contribution in [0.15, 0.2) is 47.3 Å². The SMILES string of the molecule is COC1CCc2nc3cc(C#Cc4cccc(C)c4)ccc3c(=O)n2C1. The van der Waals surface area contributed by atoms with Gasteiger partial charge in [-0.25, -0.2) is 4.98 Å². The van der Waals surface area contributed by atoms with Gasteiger partial charge in [-0.2, -0.15) is 0 Å². The molecule has 2 aromatic carbocycles. The molecule has 4 nitrogen and oxygen atoms in total. The van der Waals surface area contributed by atoms with Crippen molar-refractivity contribution in [3.8, 4) is 11.8 Å². The molecule has 0 amide bonds. The quantitative estimate of drug-likeness (QED) is 0.637. The predicted octanol–water partition coefficient (Wildman–Crippen LogP) is 3.07. The maximum Gasteiger partial charge on any atom is 0.261 e. The number of aryl methyl sites for hydroxylation is 2. The minimum absolute atomic E-state index is 0.00458. The maximum atomic E-state index is 12.8. The van der Waals surface area contributed by atoms with Gasteiger partial charge in [0.2, 0.25) is 0 Å². The Bertz CT molecular complexity index is 1100. The molecule has 26 heavy (non-hydrogen) atoms. The van der Waals surface area contributed by atoms with E-state index in [-0.39, 0.29) is 11.7 Å². The van der Waals surface area contributed by atoms with Gasteiger partial charge in [0.25, 0.3) is 5.56 Å². The van der Waals surface area contributed by atoms with Crippen LogP contribution in [0.25, 0.3) is 10.9 Å². The highest BCUT2D eigenvalue weighted by atomic mass is 16.5. The molecule has 130 valence electrons. The van der Waals surface area contributed by atoms with Crippen molar-refractivity contribution in [1.82, 2.24) is 9.55 Å². The summed E-state index contributed by atoms with van der Waals surface area (Å²) in [4.78, 5) is 17.5. The number of fused-ring (bicyclic) bond motifs is 2. The Balaban J connectivity index is 1.74. The van der Waals surface area contributed by atoms with E-state index in [2.05, 4.69) is 30.9 Å². The van der Waals surface area contributed by atoms with Crippen molar-refractivity contribution < 1.29 is 4.74 Å². The van der Waals surface area contributed by atoms with Gasteiger partial charge in [0.1, 0.15) is 5.82 Å². The highest BCUT2D eigenvalue weighted by Crippen LogP contribution is 2.17. The summed E-state index contributed by atoms with van der Waals surface area (Å²) in [6.07, 6.45) is 1.73. The van der Waals surface area contributed by atoms with E-state index in [0.29, 0.717) is 17.4 Å². The van der Waals surface area contributed by atoms with Gasteiger partial charge >= 0.3 is 0 Å². The highest BCUT2D eigenvalue weighted by Gasteiger charge is 2.21. The summed E-state index contributed by atoms with van der Waals surface area (Å²) >= 11 is 0. The Hall–Kier alpha value is -2.90. The van der Waals surface area contributed by atoms with Gasteiger partial charge < -0.3 is 4.74 Å². The number of benzene rings is 2. The summed E-state index contributed by atoms with van der Waals surface area (Å²) in [6, 6.07) is 13.7. The molecule has 0 aliphatic carbocycles. The topological polar surface area (TPSA) is 44.1 Å². The Morgan fingerprint density at radius 2 is 1.96 bits per heavy atom. The average Bonchev–Trinajstić information content (AvgIpc) is 2.66. The van der Waals surface area contributed by atoms with Crippen LogP contribution in [0.1, 0.15) is 28.9 Å². The Morgan fingerprint density at radius 3 is 2.73 bits per heavy atom. The monoisotopic (exact) mass is 344 g/mol. The lowest BCUT2D eigenvalue weighted by Gasteiger charge is -2.24. The summed E-state index contributed by atoms with van der Waals surface area (Å²) in [5.74, 6) is 7.19. The standard InChI is InChI=1S/C22H20N2O2/c1-15-4-3-5-16(12-15)6-7-17-8-10-19-20(13-17)23-21-11-9-18(26-2)14-24(21)22(19)25/h3-5,8,10,12-13,18H,9,11,14H2,1-2H3. The van der Waals surface area contributed by atoms with Crippen molar-refractivity contribution in [3.05, 3.63) is 75.3 Å². The number of nitrogens with zero attached hydrogens (tertiary/aromatic N) is 2. The second kappa shape index (κ2) is 6.78. The van der Waals surface area contributed by atoms with E-state index in [9.17, 15) is 4.79 Å². The van der Waals surface area contributed by atoms with Crippen LogP contribution < -0.4 is 5.56 Å². The van der Waals surface area contributed by atoms with Gasteiger partial charge in [-0.15, -0.1) is 0 Å². The molecule has 1 aliphatic heterocycles. The molecule has 0 saturated carbocycles. The lowest BCUT2D eigenvalue weighted by molar-refractivity contribution is 0.0689. The molecule has 1 aromatic heterocycles. The third-order valence-electron chi connectivity index (χ3n) is 4.81. The predicted molar refractivity (Wildman–Crippen MR) is 102 cm³/mol. The molecule has 0 N–H and O–H groups in total.